The van der Waals surface area contributed by atoms with Gasteiger partial charge in [0.05, 0.1) is 0 Å². The molecule has 2 aromatic carbocycles. The van der Waals surface area contributed by atoms with Gasteiger partial charge in [0.1, 0.15) is 0 Å². The molecule has 1 saturated carbocycles. The number of nitrogens with zero attached hydrogens (tertiary/aromatic N) is 1. The zero-order valence-corrected chi connectivity index (χ0v) is 14.3. The van der Waals surface area contributed by atoms with Gasteiger partial charge < -0.3 is 10.6 Å². The van der Waals surface area contributed by atoms with Crippen LogP contribution in [0.1, 0.15) is 35.4 Å². The Hall–Kier alpha value is -2.29. The van der Waals surface area contributed by atoms with E-state index in [0.717, 1.165) is 19.0 Å². The summed E-state index contributed by atoms with van der Waals surface area (Å²) in [5.74, 6) is 1.53. The van der Waals surface area contributed by atoms with Gasteiger partial charge in [0.15, 0.2) is 5.96 Å². The molecule has 1 atom stereocenters. The van der Waals surface area contributed by atoms with Gasteiger partial charge in [-0.15, -0.1) is 0 Å². The molecular formula is C21H25N3. The minimum Gasteiger partial charge on any atom is -0.356 e. The van der Waals surface area contributed by atoms with E-state index in [1.165, 1.54) is 36.0 Å². The van der Waals surface area contributed by atoms with Crippen LogP contribution in [0.4, 0.5) is 0 Å². The number of aliphatic imine (C=N–C) groups is 1. The molecule has 0 bridgehead atoms. The molecule has 0 saturated heterocycles. The molecule has 2 aromatic rings. The second-order valence-electron chi connectivity index (χ2n) is 7.05. The number of hydrogen-bond donors (Lipinski definition) is 2. The van der Waals surface area contributed by atoms with Crippen LogP contribution in [0.2, 0.25) is 0 Å². The highest BCUT2D eigenvalue weighted by Gasteiger charge is 2.44. The van der Waals surface area contributed by atoms with Gasteiger partial charge in [-0.1, -0.05) is 54.6 Å². The van der Waals surface area contributed by atoms with Crippen molar-refractivity contribution in [1.29, 1.82) is 0 Å². The molecule has 124 valence electrons. The number of nitrogens with one attached hydrogen (secondary N) is 2. The minimum absolute atomic E-state index is 0.307. The van der Waals surface area contributed by atoms with Crippen molar-refractivity contribution in [3.8, 4) is 0 Å². The maximum atomic E-state index is 4.39. The number of fused-ring (bicyclic) bond motifs is 1. The zero-order chi connectivity index (χ0) is 16.4. The van der Waals surface area contributed by atoms with Crippen molar-refractivity contribution in [3.05, 3.63) is 71.3 Å². The van der Waals surface area contributed by atoms with E-state index in [0.29, 0.717) is 11.3 Å². The second kappa shape index (κ2) is 6.31. The minimum atomic E-state index is 0.307. The van der Waals surface area contributed by atoms with Gasteiger partial charge in [-0.25, -0.2) is 0 Å². The smallest absolute Gasteiger partial charge is 0.191 e. The molecule has 0 heterocycles. The van der Waals surface area contributed by atoms with Crippen molar-refractivity contribution in [2.24, 2.45) is 4.99 Å². The Kier molecular flexibility index (Phi) is 4.01. The Morgan fingerprint density at radius 2 is 1.79 bits per heavy atom. The van der Waals surface area contributed by atoms with Gasteiger partial charge >= 0.3 is 0 Å². The van der Waals surface area contributed by atoms with E-state index < -0.39 is 0 Å². The summed E-state index contributed by atoms with van der Waals surface area (Å²) in [6, 6.07) is 19.6. The quantitative estimate of drug-likeness (QED) is 0.656. The first-order valence-corrected chi connectivity index (χ1v) is 8.89. The van der Waals surface area contributed by atoms with Crippen LogP contribution in [0.3, 0.4) is 0 Å². The third kappa shape index (κ3) is 2.91. The van der Waals surface area contributed by atoms with Crippen LogP contribution >= 0.6 is 0 Å². The SMILES string of the molecule is CN=C(NCC1Cc2ccccc21)NCC1(c2ccccc2)CC1. The van der Waals surface area contributed by atoms with Crippen molar-refractivity contribution in [2.75, 3.05) is 20.1 Å². The first kappa shape index (κ1) is 15.3. The number of hydrogen-bond acceptors (Lipinski definition) is 1. The van der Waals surface area contributed by atoms with E-state index in [9.17, 15) is 0 Å². The Morgan fingerprint density at radius 3 is 2.50 bits per heavy atom. The summed E-state index contributed by atoms with van der Waals surface area (Å²) in [6.45, 7) is 1.91. The summed E-state index contributed by atoms with van der Waals surface area (Å²) in [5.41, 5.74) is 4.74. The maximum absolute atomic E-state index is 4.39. The maximum Gasteiger partial charge on any atom is 0.191 e. The van der Waals surface area contributed by atoms with Crippen LogP contribution in [0.5, 0.6) is 0 Å². The van der Waals surface area contributed by atoms with Crippen LogP contribution < -0.4 is 10.6 Å². The fourth-order valence-corrected chi connectivity index (χ4v) is 3.75. The highest BCUT2D eigenvalue weighted by molar-refractivity contribution is 5.80. The molecule has 2 aliphatic rings. The molecule has 1 unspecified atom stereocenters. The van der Waals surface area contributed by atoms with E-state index in [-0.39, 0.29) is 0 Å². The average molecular weight is 319 g/mol. The Morgan fingerprint density at radius 1 is 1.04 bits per heavy atom. The van der Waals surface area contributed by atoms with Gasteiger partial charge in [0, 0.05) is 31.5 Å². The molecule has 3 nitrogen and oxygen atoms in total. The molecule has 1 fully saturated rings. The molecule has 2 N–H and O–H groups in total. The first-order valence-electron chi connectivity index (χ1n) is 8.89. The predicted molar refractivity (Wildman–Crippen MR) is 99.6 cm³/mol. The molecule has 0 radical (unpaired) electrons. The first-order chi connectivity index (χ1) is 11.8. The van der Waals surface area contributed by atoms with Crippen LogP contribution in [0.15, 0.2) is 59.6 Å². The van der Waals surface area contributed by atoms with Crippen molar-refractivity contribution in [2.45, 2.75) is 30.6 Å². The van der Waals surface area contributed by atoms with Crippen LogP contribution in [-0.4, -0.2) is 26.1 Å². The van der Waals surface area contributed by atoms with Gasteiger partial charge in [-0.3, -0.25) is 4.99 Å². The lowest BCUT2D eigenvalue weighted by atomic mass is 9.78. The summed E-state index contributed by atoms with van der Waals surface area (Å²) in [4.78, 5) is 4.39. The van der Waals surface area contributed by atoms with Crippen LogP contribution in [0.25, 0.3) is 0 Å². The van der Waals surface area contributed by atoms with E-state index >= 15 is 0 Å². The molecule has 0 amide bonds. The van der Waals surface area contributed by atoms with Gasteiger partial charge in [0.2, 0.25) is 0 Å². The van der Waals surface area contributed by atoms with E-state index in [4.69, 9.17) is 0 Å². The lowest BCUT2D eigenvalue weighted by Gasteiger charge is -2.31. The zero-order valence-electron chi connectivity index (χ0n) is 14.3. The van der Waals surface area contributed by atoms with E-state index in [2.05, 4.69) is 70.2 Å². The van der Waals surface area contributed by atoms with Crippen molar-refractivity contribution >= 4 is 5.96 Å². The number of rotatable bonds is 5. The fraction of sp³-hybridized carbons (Fsp3) is 0.381. The normalized spacial score (nSPS) is 20.7. The summed E-state index contributed by atoms with van der Waals surface area (Å²) in [7, 11) is 1.85. The molecular weight excluding hydrogens is 294 g/mol. The highest BCUT2D eigenvalue weighted by Crippen LogP contribution is 2.47. The third-order valence-electron chi connectivity index (χ3n) is 5.53. The fourth-order valence-electron chi connectivity index (χ4n) is 3.75. The molecule has 0 aromatic heterocycles. The Balaban J connectivity index is 1.30. The number of benzene rings is 2. The second-order valence-corrected chi connectivity index (χ2v) is 7.05. The van der Waals surface area contributed by atoms with E-state index in [1.807, 2.05) is 7.05 Å². The Labute approximate surface area is 144 Å². The van der Waals surface area contributed by atoms with E-state index in [1.54, 1.807) is 0 Å². The van der Waals surface area contributed by atoms with Crippen LogP contribution in [0, 0.1) is 0 Å². The van der Waals surface area contributed by atoms with Crippen molar-refractivity contribution in [3.63, 3.8) is 0 Å². The largest absolute Gasteiger partial charge is 0.356 e. The average Bonchev–Trinajstić information content (AvgIpc) is 3.40. The molecule has 0 spiro atoms. The lowest BCUT2D eigenvalue weighted by molar-refractivity contribution is 0.577. The van der Waals surface area contributed by atoms with Gasteiger partial charge in [-0.05, 0) is 36.0 Å². The van der Waals surface area contributed by atoms with Crippen molar-refractivity contribution < 1.29 is 0 Å². The lowest BCUT2D eigenvalue weighted by Crippen LogP contribution is -2.43. The molecule has 3 heteroatoms. The molecule has 0 aliphatic heterocycles. The molecule has 2 aliphatic carbocycles. The molecule has 24 heavy (non-hydrogen) atoms. The summed E-state index contributed by atoms with van der Waals surface area (Å²) < 4.78 is 0. The number of guanidine groups is 1. The molecule has 4 rings (SSSR count). The summed E-state index contributed by atoms with van der Waals surface area (Å²) in [5, 5.41) is 7.04. The van der Waals surface area contributed by atoms with Gasteiger partial charge in [-0.2, -0.15) is 0 Å². The predicted octanol–water partition coefficient (Wildman–Crippen LogP) is 3.22. The van der Waals surface area contributed by atoms with Gasteiger partial charge in [0.25, 0.3) is 0 Å². The highest BCUT2D eigenvalue weighted by atomic mass is 15.2. The topological polar surface area (TPSA) is 36.4 Å². The summed E-state index contributed by atoms with van der Waals surface area (Å²) >= 11 is 0. The monoisotopic (exact) mass is 319 g/mol. The van der Waals surface area contributed by atoms with Crippen LogP contribution in [-0.2, 0) is 11.8 Å². The third-order valence-corrected chi connectivity index (χ3v) is 5.53. The standard InChI is InChI=1S/C21H25N3/c1-22-20(23-14-17-13-16-7-5-6-10-19(16)17)24-15-21(11-12-21)18-8-3-2-4-9-18/h2-10,17H,11-15H2,1H3,(H2,22,23,24). The summed E-state index contributed by atoms with van der Waals surface area (Å²) in [6.07, 6.45) is 3.70. The van der Waals surface area contributed by atoms with Crippen molar-refractivity contribution in [1.82, 2.24) is 10.6 Å². The Bertz CT molecular complexity index is 732.